The van der Waals surface area contributed by atoms with Gasteiger partial charge in [-0.1, -0.05) is 38.1 Å². The van der Waals surface area contributed by atoms with Crippen molar-refractivity contribution in [3.8, 4) is 17.3 Å². The fourth-order valence-electron chi connectivity index (χ4n) is 2.46. The average molecular weight is 369 g/mol. The van der Waals surface area contributed by atoms with E-state index in [0.29, 0.717) is 23.0 Å². The van der Waals surface area contributed by atoms with Crippen molar-refractivity contribution in [1.82, 2.24) is 5.16 Å². The highest BCUT2D eigenvalue weighted by Crippen LogP contribution is 2.25. The largest absolute Gasteiger partial charge is 0.479 e. The number of hydrogen-bond acceptors (Lipinski definition) is 6. The first kappa shape index (κ1) is 18.8. The minimum Gasteiger partial charge on any atom is -0.479 e. The molecule has 1 aromatic carbocycles. The van der Waals surface area contributed by atoms with Crippen molar-refractivity contribution in [2.45, 2.75) is 45.8 Å². The van der Waals surface area contributed by atoms with Crippen molar-refractivity contribution in [3.05, 3.63) is 60.0 Å². The number of hydrogen-bond donors (Lipinski definition) is 0. The second kappa shape index (κ2) is 7.70. The van der Waals surface area contributed by atoms with E-state index >= 15 is 0 Å². The zero-order valence-electron chi connectivity index (χ0n) is 15.9. The summed E-state index contributed by atoms with van der Waals surface area (Å²) in [7, 11) is 0. The van der Waals surface area contributed by atoms with Crippen LogP contribution in [-0.4, -0.2) is 17.2 Å². The first-order chi connectivity index (χ1) is 12.8. The van der Waals surface area contributed by atoms with E-state index < -0.39 is 12.1 Å². The number of rotatable bonds is 6. The molecule has 3 aromatic rings. The van der Waals surface area contributed by atoms with Crippen molar-refractivity contribution in [1.29, 1.82) is 0 Å². The van der Waals surface area contributed by atoms with Crippen molar-refractivity contribution in [3.63, 3.8) is 0 Å². The van der Waals surface area contributed by atoms with E-state index in [4.69, 9.17) is 18.4 Å². The monoisotopic (exact) mass is 369 g/mol. The van der Waals surface area contributed by atoms with Crippen LogP contribution in [0.5, 0.6) is 5.75 Å². The topological polar surface area (TPSA) is 74.7 Å². The molecule has 2 heterocycles. The van der Waals surface area contributed by atoms with Gasteiger partial charge in [-0.2, -0.15) is 0 Å². The Morgan fingerprint density at radius 3 is 2.52 bits per heavy atom. The second-order valence-electron chi connectivity index (χ2n) is 7.30. The molecule has 27 heavy (non-hydrogen) atoms. The minimum absolute atomic E-state index is 0.000294. The number of benzene rings is 1. The normalized spacial score (nSPS) is 12.6. The Balaban J connectivity index is 1.52. The van der Waals surface area contributed by atoms with E-state index in [9.17, 15) is 4.79 Å². The Hall–Kier alpha value is -3.02. The zero-order valence-corrected chi connectivity index (χ0v) is 15.9. The SMILES string of the molecule is C[C@@H](Oc1ccc(C(C)(C)C)cc1)C(=O)OCc1cc(-c2ccco2)on1. The highest BCUT2D eigenvalue weighted by Gasteiger charge is 2.19. The predicted molar refractivity (Wildman–Crippen MR) is 99.2 cm³/mol. The van der Waals surface area contributed by atoms with Crippen LogP contribution in [0.15, 0.2) is 57.7 Å². The number of carbonyl (C=O) groups excluding carboxylic acids is 1. The molecule has 0 aliphatic heterocycles. The molecule has 0 spiro atoms. The molecule has 0 N–H and O–H groups in total. The van der Waals surface area contributed by atoms with Crippen molar-refractivity contribution >= 4 is 5.97 Å². The number of esters is 1. The third-order valence-electron chi connectivity index (χ3n) is 4.05. The number of aromatic nitrogens is 1. The first-order valence-corrected chi connectivity index (χ1v) is 8.76. The first-order valence-electron chi connectivity index (χ1n) is 8.76. The van der Waals surface area contributed by atoms with Crippen molar-refractivity contribution in [2.75, 3.05) is 0 Å². The molecular weight excluding hydrogens is 346 g/mol. The summed E-state index contributed by atoms with van der Waals surface area (Å²) >= 11 is 0. The molecular formula is C21H23NO5. The molecule has 1 atom stereocenters. The molecule has 3 rings (SSSR count). The van der Waals surface area contributed by atoms with Crippen molar-refractivity contribution in [2.24, 2.45) is 0 Å². The van der Waals surface area contributed by atoms with Crippen LogP contribution in [0.2, 0.25) is 0 Å². The molecule has 0 amide bonds. The summed E-state index contributed by atoms with van der Waals surface area (Å²) in [5, 5.41) is 3.87. The molecule has 6 heteroatoms. The van der Waals surface area contributed by atoms with Gasteiger partial charge in [-0.25, -0.2) is 4.79 Å². The maximum Gasteiger partial charge on any atom is 0.347 e. The summed E-state index contributed by atoms with van der Waals surface area (Å²) in [6.07, 6.45) is 0.812. The molecule has 0 bridgehead atoms. The van der Waals surface area contributed by atoms with Crippen LogP contribution in [0.1, 0.15) is 39.0 Å². The van der Waals surface area contributed by atoms with Gasteiger partial charge in [0.1, 0.15) is 18.1 Å². The summed E-state index contributed by atoms with van der Waals surface area (Å²) in [4.78, 5) is 12.2. The van der Waals surface area contributed by atoms with Crippen LogP contribution in [0.25, 0.3) is 11.5 Å². The molecule has 0 fully saturated rings. The zero-order chi connectivity index (χ0) is 19.4. The van der Waals surface area contributed by atoms with Gasteiger partial charge in [-0.15, -0.1) is 0 Å². The fraction of sp³-hybridized carbons (Fsp3) is 0.333. The van der Waals surface area contributed by atoms with Gasteiger partial charge in [0, 0.05) is 6.07 Å². The maximum absolute atomic E-state index is 12.2. The second-order valence-corrected chi connectivity index (χ2v) is 7.30. The van der Waals surface area contributed by atoms with Crippen LogP contribution >= 0.6 is 0 Å². The molecule has 142 valence electrons. The number of ether oxygens (including phenoxy) is 2. The van der Waals surface area contributed by atoms with Gasteiger partial charge in [0.05, 0.1) is 6.26 Å². The van der Waals surface area contributed by atoms with E-state index in [1.54, 1.807) is 31.4 Å². The van der Waals surface area contributed by atoms with Crippen LogP contribution in [0.3, 0.4) is 0 Å². The van der Waals surface area contributed by atoms with Crippen molar-refractivity contribution < 1.29 is 23.2 Å². The smallest absolute Gasteiger partial charge is 0.347 e. The number of furan rings is 1. The standard InChI is InChI=1S/C21H23NO5/c1-14(26-17-9-7-15(8-10-17)21(2,3)4)20(23)25-13-16-12-19(27-22-16)18-6-5-11-24-18/h5-12,14H,13H2,1-4H3/t14-/m1/s1. The quantitative estimate of drug-likeness (QED) is 0.584. The van der Waals surface area contributed by atoms with E-state index in [2.05, 4.69) is 25.9 Å². The van der Waals surface area contributed by atoms with Crippen LogP contribution < -0.4 is 4.74 Å². The van der Waals surface area contributed by atoms with E-state index in [1.807, 2.05) is 24.3 Å². The summed E-state index contributed by atoms with van der Waals surface area (Å²) in [5.41, 5.74) is 1.76. The van der Waals surface area contributed by atoms with E-state index in [1.165, 1.54) is 5.56 Å². The van der Waals surface area contributed by atoms with Crippen LogP contribution in [0, 0.1) is 0 Å². The summed E-state index contributed by atoms with van der Waals surface area (Å²) in [6, 6.07) is 12.9. The molecule has 0 aliphatic rings. The Labute approximate surface area is 158 Å². The summed E-state index contributed by atoms with van der Waals surface area (Å²) < 4.78 is 21.3. The fourth-order valence-corrected chi connectivity index (χ4v) is 2.46. The predicted octanol–water partition coefficient (Wildman–Crippen LogP) is 4.74. The van der Waals surface area contributed by atoms with Gasteiger partial charge >= 0.3 is 5.97 Å². The average Bonchev–Trinajstić information content (AvgIpc) is 3.30. The third-order valence-corrected chi connectivity index (χ3v) is 4.05. The Morgan fingerprint density at radius 2 is 1.89 bits per heavy atom. The molecule has 0 radical (unpaired) electrons. The molecule has 2 aromatic heterocycles. The maximum atomic E-state index is 12.2. The molecule has 0 saturated carbocycles. The number of carbonyl (C=O) groups is 1. The summed E-state index contributed by atoms with van der Waals surface area (Å²) in [5.74, 6) is 1.19. The lowest BCUT2D eigenvalue weighted by Gasteiger charge is -2.20. The Morgan fingerprint density at radius 1 is 1.15 bits per heavy atom. The van der Waals surface area contributed by atoms with Gasteiger partial charge in [-0.3, -0.25) is 0 Å². The van der Waals surface area contributed by atoms with Crippen LogP contribution in [0.4, 0.5) is 0 Å². The Kier molecular flexibility index (Phi) is 5.35. The molecule has 0 saturated heterocycles. The van der Waals surface area contributed by atoms with E-state index in [-0.39, 0.29) is 12.0 Å². The van der Waals surface area contributed by atoms with Gasteiger partial charge < -0.3 is 18.4 Å². The highest BCUT2D eigenvalue weighted by atomic mass is 16.6. The lowest BCUT2D eigenvalue weighted by Crippen LogP contribution is -2.26. The lowest BCUT2D eigenvalue weighted by atomic mass is 9.87. The third kappa shape index (κ3) is 4.78. The highest BCUT2D eigenvalue weighted by molar-refractivity contribution is 5.74. The van der Waals surface area contributed by atoms with Gasteiger partial charge in [0.25, 0.3) is 0 Å². The molecule has 0 aliphatic carbocycles. The molecule has 0 unspecified atom stereocenters. The van der Waals surface area contributed by atoms with Gasteiger partial charge in [0.2, 0.25) is 5.76 Å². The van der Waals surface area contributed by atoms with E-state index in [0.717, 1.165) is 0 Å². The Bertz CT molecular complexity index is 872. The van der Waals surface area contributed by atoms with Gasteiger partial charge in [-0.05, 0) is 42.2 Å². The summed E-state index contributed by atoms with van der Waals surface area (Å²) in [6.45, 7) is 8.08. The van der Waals surface area contributed by atoms with Crippen LogP contribution in [-0.2, 0) is 21.6 Å². The molecule has 6 nitrogen and oxygen atoms in total. The van der Waals surface area contributed by atoms with Gasteiger partial charge in [0.15, 0.2) is 11.9 Å². The lowest BCUT2D eigenvalue weighted by molar-refractivity contribution is -0.152. The minimum atomic E-state index is -0.734. The number of nitrogens with zero attached hydrogens (tertiary/aromatic N) is 1.